The Bertz CT molecular complexity index is 998. The molecule has 0 radical (unpaired) electrons. The molecule has 0 N–H and O–H groups in total. The van der Waals surface area contributed by atoms with Crippen LogP contribution >= 0.6 is 15.9 Å². The monoisotopic (exact) mass is 490 g/mol. The van der Waals surface area contributed by atoms with Crippen LogP contribution in [0.3, 0.4) is 0 Å². The van der Waals surface area contributed by atoms with Crippen molar-refractivity contribution >= 4 is 33.5 Å². The summed E-state index contributed by atoms with van der Waals surface area (Å²) < 4.78 is 22.1. The lowest BCUT2D eigenvalue weighted by Gasteiger charge is -2.23. The molecule has 0 aliphatic carbocycles. The number of hydrogen-bond acceptors (Lipinski definition) is 7. The van der Waals surface area contributed by atoms with Crippen LogP contribution in [0.1, 0.15) is 30.5 Å². The zero-order valence-corrected chi connectivity index (χ0v) is 19.3. The zero-order chi connectivity index (χ0) is 22.5. The number of methoxy groups -OCH3 is 3. The average molecular weight is 491 g/mol. The Balaban J connectivity index is 2.03. The van der Waals surface area contributed by atoms with Gasteiger partial charge in [-0.2, -0.15) is 5.10 Å². The van der Waals surface area contributed by atoms with Crippen molar-refractivity contribution in [1.29, 1.82) is 0 Å². The molecule has 1 atom stereocenters. The molecule has 0 spiro atoms. The number of carbonyl (C=O) groups is 2. The van der Waals surface area contributed by atoms with Crippen LogP contribution in [-0.4, -0.2) is 50.5 Å². The van der Waals surface area contributed by atoms with Crippen LogP contribution < -0.4 is 14.2 Å². The van der Waals surface area contributed by atoms with Gasteiger partial charge in [-0.25, -0.2) is 5.01 Å². The van der Waals surface area contributed by atoms with Gasteiger partial charge in [0.1, 0.15) is 0 Å². The summed E-state index contributed by atoms with van der Waals surface area (Å²) >= 11 is 3.47. The van der Waals surface area contributed by atoms with Crippen molar-refractivity contribution in [2.75, 3.05) is 27.9 Å². The van der Waals surface area contributed by atoms with E-state index in [-0.39, 0.29) is 0 Å². The lowest BCUT2D eigenvalue weighted by Crippen LogP contribution is -2.31. The van der Waals surface area contributed by atoms with Gasteiger partial charge in [0.2, 0.25) is 5.75 Å². The summed E-state index contributed by atoms with van der Waals surface area (Å²) in [6, 6.07) is 10.8. The number of nitrogens with zero attached hydrogens (tertiary/aromatic N) is 2. The standard InChI is InChI=1S/C22H23BrN2O6/c1-13(26)31-12-21(27)25-18(11-17(24-25)14-6-5-7-16(23)8-14)15-9-19(28-2)22(30-4)20(10-15)29-3/h5-10,18H,11-12H2,1-4H3. The van der Waals surface area contributed by atoms with Crippen molar-refractivity contribution in [1.82, 2.24) is 5.01 Å². The third-order valence-electron chi connectivity index (χ3n) is 4.79. The van der Waals surface area contributed by atoms with E-state index < -0.39 is 24.5 Å². The van der Waals surface area contributed by atoms with Crippen molar-refractivity contribution in [3.8, 4) is 17.2 Å². The number of rotatable bonds is 7. The maximum atomic E-state index is 12.9. The van der Waals surface area contributed by atoms with Crippen molar-refractivity contribution in [2.45, 2.75) is 19.4 Å². The Labute approximate surface area is 188 Å². The van der Waals surface area contributed by atoms with Gasteiger partial charge in [-0.3, -0.25) is 9.59 Å². The minimum atomic E-state index is -0.534. The van der Waals surface area contributed by atoms with E-state index in [9.17, 15) is 9.59 Å². The molecule has 1 aliphatic heterocycles. The smallest absolute Gasteiger partial charge is 0.303 e. The van der Waals surface area contributed by atoms with Gasteiger partial charge < -0.3 is 18.9 Å². The second-order valence-electron chi connectivity index (χ2n) is 6.75. The predicted octanol–water partition coefficient (Wildman–Crippen LogP) is 3.72. The molecule has 1 amide bonds. The average Bonchev–Trinajstić information content (AvgIpc) is 3.22. The second kappa shape index (κ2) is 9.82. The number of hydrazone groups is 1. The molecule has 0 bridgehead atoms. The topological polar surface area (TPSA) is 86.7 Å². The minimum absolute atomic E-state index is 0.397. The third kappa shape index (κ3) is 4.99. The molecule has 2 aromatic carbocycles. The Morgan fingerprint density at radius 2 is 1.77 bits per heavy atom. The largest absolute Gasteiger partial charge is 0.493 e. The number of amides is 1. The van der Waals surface area contributed by atoms with E-state index in [2.05, 4.69) is 21.0 Å². The Hall–Kier alpha value is -3.07. The van der Waals surface area contributed by atoms with Gasteiger partial charge >= 0.3 is 5.97 Å². The first-order valence-electron chi connectivity index (χ1n) is 9.46. The highest BCUT2D eigenvalue weighted by Crippen LogP contribution is 2.43. The third-order valence-corrected chi connectivity index (χ3v) is 5.29. The van der Waals surface area contributed by atoms with Gasteiger partial charge in [0.25, 0.3) is 5.91 Å². The molecule has 1 unspecified atom stereocenters. The fraction of sp³-hybridized carbons (Fsp3) is 0.318. The van der Waals surface area contributed by atoms with E-state index in [0.29, 0.717) is 23.7 Å². The van der Waals surface area contributed by atoms with Gasteiger partial charge in [-0.15, -0.1) is 0 Å². The van der Waals surface area contributed by atoms with Crippen LogP contribution in [0.25, 0.3) is 0 Å². The second-order valence-corrected chi connectivity index (χ2v) is 7.67. The van der Waals surface area contributed by atoms with Gasteiger partial charge in [0.05, 0.1) is 33.1 Å². The molecule has 1 heterocycles. The normalized spacial score (nSPS) is 15.3. The van der Waals surface area contributed by atoms with E-state index in [1.807, 2.05) is 24.3 Å². The van der Waals surface area contributed by atoms with Gasteiger partial charge in [0, 0.05) is 17.8 Å². The van der Waals surface area contributed by atoms with Gasteiger partial charge in [-0.05, 0) is 35.4 Å². The highest BCUT2D eigenvalue weighted by molar-refractivity contribution is 9.10. The molecule has 0 saturated heterocycles. The first-order chi connectivity index (χ1) is 14.9. The number of ether oxygens (including phenoxy) is 4. The molecule has 3 rings (SSSR count). The highest BCUT2D eigenvalue weighted by Gasteiger charge is 2.34. The zero-order valence-electron chi connectivity index (χ0n) is 17.7. The summed E-state index contributed by atoms with van der Waals surface area (Å²) in [5.74, 6) is 0.435. The Morgan fingerprint density at radius 1 is 1.10 bits per heavy atom. The Morgan fingerprint density at radius 3 is 2.32 bits per heavy atom. The van der Waals surface area contributed by atoms with Crippen LogP contribution in [0.4, 0.5) is 0 Å². The fourth-order valence-electron chi connectivity index (χ4n) is 3.37. The summed E-state index contributed by atoms with van der Waals surface area (Å²) in [4.78, 5) is 24.0. The van der Waals surface area contributed by atoms with E-state index in [4.69, 9.17) is 18.9 Å². The van der Waals surface area contributed by atoms with Crippen LogP contribution in [0.5, 0.6) is 17.2 Å². The number of benzene rings is 2. The molecule has 0 aromatic heterocycles. The molecule has 0 saturated carbocycles. The number of hydrogen-bond donors (Lipinski definition) is 0. The highest BCUT2D eigenvalue weighted by atomic mass is 79.9. The number of esters is 1. The van der Waals surface area contributed by atoms with Crippen LogP contribution in [0.15, 0.2) is 46.0 Å². The fourth-order valence-corrected chi connectivity index (χ4v) is 3.76. The molecule has 164 valence electrons. The quantitative estimate of drug-likeness (QED) is 0.549. The summed E-state index contributed by atoms with van der Waals surface area (Å²) in [7, 11) is 4.59. The lowest BCUT2D eigenvalue weighted by molar-refractivity contribution is -0.151. The van der Waals surface area contributed by atoms with Crippen LogP contribution in [-0.2, 0) is 14.3 Å². The van der Waals surface area contributed by atoms with E-state index in [0.717, 1.165) is 21.3 Å². The van der Waals surface area contributed by atoms with Gasteiger partial charge in [0.15, 0.2) is 18.1 Å². The lowest BCUT2D eigenvalue weighted by atomic mass is 9.97. The molecule has 1 aliphatic rings. The Kier molecular flexibility index (Phi) is 7.17. The van der Waals surface area contributed by atoms with Crippen LogP contribution in [0, 0.1) is 0 Å². The van der Waals surface area contributed by atoms with Crippen LogP contribution in [0.2, 0.25) is 0 Å². The van der Waals surface area contributed by atoms with E-state index in [1.165, 1.54) is 33.3 Å². The van der Waals surface area contributed by atoms with Crippen molar-refractivity contribution in [3.05, 3.63) is 52.0 Å². The van der Waals surface area contributed by atoms with E-state index in [1.54, 1.807) is 12.1 Å². The predicted molar refractivity (Wildman–Crippen MR) is 118 cm³/mol. The number of carbonyl (C=O) groups excluding carboxylic acids is 2. The first-order valence-corrected chi connectivity index (χ1v) is 10.3. The molecular weight excluding hydrogens is 468 g/mol. The van der Waals surface area contributed by atoms with Crippen molar-refractivity contribution in [3.63, 3.8) is 0 Å². The minimum Gasteiger partial charge on any atom is -0.493 e. The summed E-state index contributed by atoms with van der Waals surface area (Å²) in [6.07, 6.45) is 0.459. The molecule has 2 aromatic rings. The van der Waals surface area contributed by atoms with E-state index >= 15 is 0 Å². The molecule has 31 heavy (non-hydrogen) atoms. The first kappa shape index (κ1) is 22.6. The summed E-state index contributed by atoms with van der Waals surface area (Å²) in [5, 5.41) is 5.91. The maximum absolute atomic E-state index is 12.9. The molecular formula is C22H23BrN2O6. The summed E-state index contributed by atoms with van der Waals surface area (Å²) in [5.41, 5.74) is 2.37. The molecule has 0 fully saturated rings. The van der Waals surface area contributed by atoms with Crippen molar-refractivity contribution in [2.24, 2.45) is 5.10 Å². The number of halogens is 1. The maximum Gasteiger partial charge on any atom is 0.303 e. The summed E-state index contributed by atoms with van der Waals surface area (Å²) in [6.45, 7) is 0.857. The van der Waals surface area contributed by atoms with Crippen molar-refractivity contribution < 1.29 is 28.5 Å². The van der Waals surface area contributed by atoms with Gasteiger partial charge in [-0.1, -0.05) is 28.1 Å². The SMILES string of the molecule is COc1cc(C2CC(c3cccc(Br)c3)=NN2C(=O)COC(C)=O)cc(OC)c1OC. The molecule has 8 nitrogen and oxygen atoms in total. The molecule has 9 heteroatoms.